The summed E-state index contributed by atoms with van der Waals surface area (Å²) < 4.78 is 5.38. The Bertz CT molecular complexity index is 555. The fourth-order valence-electron chi connectivity index (χ4n) is 3.93. The molecule has 2 fully saturated rings. The minimum atomic E-state index is -0.0687. The first-order valence-electron chi connectivity index (χ1n) is 9.69. The first-order valence-corrected chi connectivity index (χ1v) is 9.69. The minimum absolute atomic E-state index is 0.0687. The van der Waals surface area contributed by atoms with Crippen molar-refractivity contribution in [1.29, 1.82) is 0 Å². The van der Waals surface area contributed by atoms with Crippen LogP contribution in [0.5, 0.6) is 0 Å². The van der Waals surface area contributed by atoms with Gasteiger partial charge in [0.2, 0.25) is 5.89 Å². The summed E-state index contributed by atoms with van der Waals surface area (Å²) in [4.78, 5) is 20.9. The summed E-state index contributed by atoms with van der Waals surface area (Å²) in [7, 11) is 1.78. The predicted octanol–water partition coefficient (Wildman–Crippen LogP) is 2.60. The molecule has 140 valence electrons. The van der Waals surface area contributed by atoms with Gasteiger partial charge in [0.1, 0.15) is 0 Å². The van der Waals surface area contributed by atoms with Crippen molar-refractivity contribution in [3.05, 3.63) is 11.7 Å². The lowest BCUT2D eigenvalue weighted by Crippen LogP contribution is -2.44. The van der Waals surface area contributed by atoms with E-state index >= 15 is 0 Å². The van der Waals surface area contributed by atoms with Crippen LogP contribution in [0, 0.1) is 5.92 Å². The van der Waals surface area contributed by atoms with E-state index in [1.54, 1.807) is 11.9 Å². The highest BCUT2D eigenvalue weighted by molar-refractivity contribution is 5.73. The molecule has 1 aromatic heterocycles. The second-order valence-corrected chi connectivity index (χ2v) is 7.47. The van der Waals surface area contributed by atoms with Crippen LogP contribution in [0.1, 0.15) is 63.1 Å². The van der Waals surface area contributed by atoms with E-state index in [0.29, 0.717) is 24.2 Å². The Morgan fingerprint density at radius 2 is 2.12 bits per heavy atom. The fraction of sp³-hybridized carbons (Fsp3) is 0.833. The number of amides is 2. The first-order chi connectivity index (χ1) is 12.2. The van der Waals surface area contributed by atoms with Crippen LogP contribution in [0.2, 0.25) is 0 Å². The molecule has 1 N–H and O–H groups in total. The highest BCUT2D eigenvalue weighted by Gasteiger charge is 2.24. The van der Waals surface area contributed by atoms with Gasteiger partial charge < -0.3 is 19.6 Å². The van der Waals surface area contributed by atoms with Gasteiger partial charge in [-0.1, -0.05) is 24.9 Å². The number of nitrogens with one attached hydrogen (secondary N) is 1. The molecule has 1 aliphatic heterocycles. The number of carbonyl (C=O) groups excluding carboxylic acids is 1. The average Bonchev–Trinajstić information content (AvgIpc) is 3.31. The Morgan fingerprint density at radius 1 is 1.32 bits per heavy atom. The Hall–Kier alpha value is -1.63. The van der Waals surface area contributed by atoms with Crippen LogP contribution in [0.4, 0.5) is 4.79 Å². The van der Waals surface area contributed by atoms with E-state index in [9.17, 15) is 4.79 Å². The van der Waals surface area contributed by atoms with Gasteiger partial charge in [0.15, 0.2) is 5.82 Å². The van der Waals surface area contributed by atoms with E-state index in [1.807, 2.05) is 0 Å². The molecule has 1 atom stereocenters. The van der Waals surface area contributed by atoms with E-state index in [4.69, 9.17) is 4.52 Å². The maximum atomic E-state index is 12.3. The highest BCUT2D eigenvalue weighted by Crippen LogP contribution is 2.32. The summed E-state index contributed by atoms with van der Waals surface area (Å²) in [6, 6.07) is -0.0687. The van der Waals surface area contributed by atoms with Gasteiger partial charge in [0, 0.05) is 26.1 Å². The molecule has 2 aliphatic rings. The maximum Gasteiger partial charge on any atom is 0.317 e. The standard InChI is InChI=1S/C18H31N5O2/c1-3-23-10-6-7-14(12-23)11-19-18(24)22(2)13-16-20-17(25-21-16)15-8-4-5-9-15/h14-15H,3-13H2,1-2H3,(H,19,24). The number of aromatic nitrogens is 2. The molecule has 0 aromatic carbocycles. The Balaban J connectivity index is 1.43. The number of rotatable bonds is 6. The molecule has 25 heavy (non-hydrogen) atoms. The van der Waals surface area contributed by atoms with Gasteiger partial charge in [-0.05, 0) is 44.7 Å². The van der Waals surface area contributed by atoms with Gasteiger partial charge in [0.05, 0.1) is 6.54 Å². The van der Waals surface area contributed by atoms with Crippen LogP contribution in [0.25, 0.3) is 0 Å². The van der Waals surface area contributed by atoms with E-state index in [-0.39, 0.29) is 6.03 Å². The molecule has 7 heteroatoms. The summed E-state index contributed by atoms with van der Waals surface area (Å²) in [5.41, 5.74) is 0. The van der Waals surface area contributed by atoms with Crippen molar-refractivity contribution < 1.29 is 9.32 Å². The van der Waals surface area contributed by atoms with E-state index < -0.39 is 0 Å². The summed E-state index contributed by atoms with van der Waals surface area (Å²) in [6.45, 7) is 6.66. The summed E-state index contributed by atoms with van der Waals surface area (Å²) in [6.07, 6.45) is 7.15. The average molecular weight is 349 g/mol. The summed E-state index contributed by atoms with van der Waals surface area (Å²) >= 11 is 0. The summed E-state index contributed by atoms with van der Waals surface area (Å²) in [5, 5.41) is 7.09. The molecular formula is C18H31N5O2. The van der Waals surface area contributed by atoms with Gasteiger partial charge in [-0.15, -0.1) is 0 Å². The molecule has 0 radical (unpaired) electrons. The van der Waals surface area contributed by atoms with Crippen molar-refractivity contribution in [2.24, 2.45) is 5.92 Å². The predicted molar refractivity (Wildman–Crippen MR) is 95.2 cm³/mol. The third-order valence-corrected chi connectivity index (χ3v) is 5.51. The topological polar surface area (TPSA) is 74.5 Å². The molecule has 1 aliphatic carbocycles. The molecule has 0 bridgehead atoms. The lowest BCUT2D eigenvalue weighted by molar-refractivity contribution is 0.172. The van der Waals surface area contributed by atoms with Gasteiger partial charge >= 0.3 is 6.03 Å². The van der Waals surface area contributed by atoms with Gasteiger partial charge in [-0.25, -0.2) is 4.79 Å². The van der Waals surface area contributed by atoms with Gasteiger partial charge in [-0.2, -0.15) is 4.98 Å². The van der Waals surface area contributed by atoms with Crippen molar-refractivity contribution >= 4 is 6.03 Å². The zero-order valence-corrected chi connectivity index (χ0v) is 15.5. The number of nitrogens with zero attached hydrogens (tertiary/aromatic N) is 4. The van der Waals surface area contributed by atoms with Crippen LogP contribution in [0.15, 0.2) is 4.52 Å². The normalized spacial score (nSPS) is 22.2. The number of hydrogen-bond acceptors (Lipinski definition) is 5. The fourth-order valence-corrected chi connectivity index (χ4v) is 3.93. The molecule has 3 rings (SSSR count). The minimum Gasteiger partial charge on any atom is -0.339 e. The molecule has 7 nitrogen and oxygen atoms in total. The van der Waals surface area contributed by atoms with Crippen molar-refractivity contribution in [3.63, 3.8) is 0 Å². The molecular weight excluding hydrogens is 318 g/mol. The first kappa shape index (κ1) is 18.2. The molecule has 1 aromatic rings. The van der Waals surface area contributed by atoms with Crippen LogP contribution in [-0.4, -0.2) is 59.2 Å². The monoisotopic (exact) mass is 349 g/mol. The molecule has 2 heterocycles. The van der Waals surface area contributed by atoms with Crippen molar-refractivity contribution in [3.8, 4) is 0 Å². The Morgan fingerprint density at radius 3 is 2.88 bits per heavy atom. The molecule has 1 unspecified atom stereocenters. The molecule has 2 amide bonds. The third-order valence-electron chi connectivity index (χ3n) is 5.51. The second-order valence-electron chi connectivity index (χ2n) is 7.47. The number of urea groups is 1. The van der Waals surface area contributed by atoms with Crippen molar-refractivity contribution in [1.82, 2.24) is 25.3 Å². The number of hydrogen-bond donors (Lipinski definition) is 1. The lowest BCUT2D eigenvalue weighted by Gasteiger charge is -2.32. The van der Waals surface area contributed by atoms with E-state index in [0.717, 1.165) is 38.4 Å². The van der Waals surface area contributed by atoms with Crippen LogP contribution in [-0.2, 0) is 6.54 Å². The Labute approximate surface area is 150 Å². The van der Waals surface area contributed by atoms with E-state index in [1.165, 1.54) is 32.2 Å². The SMILES string of the molecule is CCN1CCCC(CNC(=O)N(C)Cc2noc(C3CCCC3)n2)C1. The van der Waals surface area contributed by atoms with E-state index in [2.05, 4.69) is 27.3 Å². The largest absolute Gasteiger partial charge is 0.339 e. The molecule has 0 spiro atoms. The lowest BCUT2D eigenvalue weighted by atomic mass is 9.98. The van der Waals surface area contributed by atoms with Crippen LogP contribution in [0.3, 0.4) is 0 Å². The highest BCUT2D eigenvalue weighted by atomic mass is 16.5. The van der Waals surface area contributed by atoms with Crippen molar-refractivity contribution in [2.75, 3.05) is 33.2 Å². The zero-order valence-electron chi connectivity index (χ0n) is 15.5. The van der Waals surface area contributed by atoms with Crippen LogP contribution >= 0.6 is 0 Å². The third kappa shape index (κ3) is 4.93. The quantitative estimate of drug-likeness (QED) is 0.854. The number of likely N-dealkylation sites (tertiary alicyclic amines) is 1. The number of piperidine rings is 1. The maximum absolute atomic E-state index is 12.3. The smallest absolute Gasteiger partial charge is 0.317 e. The van der Waals surface area contributed by atoms with Crippen LogP contribution < -0.4 is 5.32 Å². The van der Waals surface area contributed by atoms with Gasteiger partial charge in [-0.3, -0.25) is 0 Å². The molecule has 1 saturated heterocycles. The summed E-state index contributed by atoms with van der Waals surface area (Å²) in [5.74, 6) is 2.29. The molecule has 1 saturated carbocycles. The second kappa shape index (κ2) is 8.65. The van der Waals surface area contributed by atoms with Crippen molar-refractivity contribution in [2.45, 2.75) is 57.9 Å². The Kier molecular flexibility index (Phi) is 6.29. The number of carbonyl (C=O) groups is 1. The van der Waals surface area contributed by atoms with Gasteiger partial charge in [0.25, 0.3) is 0 Å². The zero-order chi connectivity index (χ0) is 17.6.